The van der Waals surface area contributed by atoms with Crippen LogP contribution in [0.2, 0.25) is 5.02 Å². The SMILES string of the molecule is OCC[C@@H]1CN(Cc2ccc(O)c(Cl)c2)CCN1CC1CCCCC1. The monoisotopic (exact) mass is 366 g/mol. The Hall–Kier alpha value is -0.810. The summed E-state index contributed by atoms with van der Waals surface area (Å²) in [6, 6.07) is 5.90. The Bertz CT molecular complexity index is 548. The van der Waals surface area contributed by atoms with Gasteiger partial charge < -0.3 is 10.2 Å². The van der Waals surface area contributed by atoms with Gasteiger partial charge in [0.2, 0.25) is 0 Å². The second-order valence-electron chi connectivity index (χ2n) is 7.69. The highest BCUT2D eigenvalue weighted by Gasteiger charge is 2.28. The number of phenolic OH excluding ortho intramolecular Hbond substituents is 1. The standard InChI is InChI=1S/C20H31ClN2O2/c21-19-12-17(6-7-20(19)25)13-22-9-10-23(18(15-22)8-11-24)14-16-4-2-1-3-5-16/h6-7,12,16,18,24-25H,1-5,8-11,13-15H2/t18-/m1/s1. The van der Waals surface area contributed by atoms with Gasteiger partial charge in [-0.25, -0.2) is 0 Å². The van der Waals surface area contributed by atoms with Crippen LogP contribution in [0.3, 0.4) is 0 Å². The fraction of sp³-hybridized carbons (Fsp3) is 0.700. The van der Waals surface area contributed by atoms with E-state index in [2.05, 4.69) is 9.80 Å². The number of nitrogens with zero attached hydrogens (tertiary/aromatic N) is 2. The number of aliphatic hydroxyl groups excluding tert-OH is 1. The molecule has 2 fully saturated rings. The van der Waals surface area contributed by atoms with Gasteiger partial charge in [0.25, 0.3) is 0 Å². The van der Waals surface area contributed by atoms with Crippen molar-refractivity contribution < 1.29 is 10.2 Å². The molecule has 1 saturated heterocycles. The third-order valence-electron chi connectivity index (χ3n) is 5.79. The largest absolute Gasteiger partial charge is 0.506 e. The molecule has 1 aliphatic heterocycles. The van der Waals surface area contributed by atoms with Crippen LogP contribution in [0.25, 0.3) is 0 Å². The fourth-order valence-electron chi connectivity index (χ4n) is 4.37. The zero-order valence-corrected chi connectivity index (χ0v) is 15.8. The first kappa shape index (κ1) is 19.0. The van der Waals surface area contributed by atoms with Gasteiger partial charge in [0.05, 0.1) is 5.02 Å². The molecule has 140 valence electrons. The van der Waals surface area contributed by atoms with Crippen LogP contribution in [0.15, 0.2) is 18.2 Å². The molecule has 1 aromatic rings. The molecule has 1 atom stereocenters. The highest BCUT2D eigenvalue weighted by molar-refractivity contribution is 6.32. The van der Waals surface area contributed by atoms with E-state index in [0.717, 1.165) is 44.1 Å². The van der Waals surface area contributed by atoms with Gasteiger partial charge in [0.15, 0.2) is 0 Å². The Morgan fingerprint density at radius 2 is 1.92 bits per heavy atom. The minimum atomic E-state index is 0.140. The second kappa shape index (κ2) is 9.22. The van der Waals surface area contributed by atoms with E-state index < -0.39 is 0 Å². The fourth-order valence-corrected chi connectivity index (χ4v) is 4.58. The number of hydrogen-bond acceptors (Lipinski definition) is 4. The predicted octanol–water partition coefficient (Wildman–Crippen LogP) is 3.49. The molecule has 1 aliphatic carbocycles. The van der Waals surface area contributed by atoms with Crippen LogP contribution in [0.4, 0.5) is 0 Å². The molecule has 0 radical (unpaired) electrons. The van der Waals surface area contributed by atoms with E-state index in [1.165, 1.54) is 38.6 Å². The van der Waals surface area contributed by atoms with Crippen LogP contribution in [-0.2, 0) is 6.54 Å². The van der Waals surface area contributed by atoms with E-state index in [0.29, 0.717) is 11.1 Å². The first-order chi connectivity index (χ1) is 12.2. The average Bonchev–Trinajstić information content (AvgIpc) is 2.62. The maximum absolute atomic E-state index is 9.57. The van der Waals surface area contributed by atoms with E-state index in [1.54, 1.807) is 6.07 Å². The lowest BCUT2D eigenvalue weighted by molar-refractivity contribution is 0.0400. The Balaban J connectivity index is 1.57. The Morgan fingerprint density at radius 3 is 2.64 bits per heavy atom. The number of phenols is 1. The third kappa shape index (κ3) is 5.33. The molecule has 2 aliphatic rings. The average molecular weight is 367 g/mol. The number of rotatable bonds is 6. The van der Waals surface area contributed by atoms with Crippen molar-refractivity contribution in [3.63, 3.8) is 0 Å². The Morgan fingerprint density at radius 1 is 1.12 bits per heavy atom. The summed E-state index contributed by atoms with van der Waals surface area (Å²) >= 11 is 6.03. The summed E-state index contributed by atoms with van der Waals surface area (Å²) in [4.78, 5) is 5.06. The molecule has 1 heterocycles. The van der Waals surface area contributed by atoms with Crippen LogP contribution >= 0.6 is 11.6 Å². The quantitative estimate of drug-likeness (QED) is 0.809. The summed E-state index contributed by atoms with van der Waals surface area (Å²) in [5.74, 6) is 0.985. The van der Waals surface area contributed by atoms with E-state index in [9.17, 15) is 10.2 Å². The number of piperazine rings is 1. The van der Waals surface area contributed by atoms with E-state index in [4.69, 9.17) is 11.6 Å². The highest BCUT2D eigenvalue weighted by Crippen LogP contribution is 2.27. The molecule has 2 N–H and O–H groups in total. The molecule has 5 heteroatoms. The maximum atomic E-state index is 9.57. The Kier molecular flexibility index (Phi) is 7.00. The van der Waals surface area contributed by atoms with Crippen LogP contribution in [0, 0.1) is 5.92 Å². The maximum Gasteiger partial charge on any atom is 0.134 e. The van der Waals surface area contributed by atoms with Gasteiger partial charge in [-0.05, 0) is 42.9 Å². The summed E-state index contributed by atoms with van der Waals surface area (Å²) in [6.45, 7) is 5.42. The summed E-state index contributed by atoms with van der Waals surface area (Å²) in [5, 5.41) is 19.5. The molecule has 1 saturated carbocycles. The van der Waals surface area contributed by atoms with Crippen molar-refractivity contribution in [1.29, 1.82) is 0 Å². The first-order valence-corrected chi connectivity index (χ1v) is 10.1. The lowest BCUT2D eigenvalue weighted by Crippen LogP contribution is -2.54. The number of halogens is 1. The highest BCUT2D eigenvalue weighted by atomic mass is 35.5. The topological polar surface area (TPSA) is 46.9 Å². The normalized spacial score (nSPS) is 23.8. The van der Waals surface area contributed by atoms with Gasteiger partial charge in [-0.3, -0.25) is 9.80 Å². The van der Waals surface area contributed by atoms with Crippen molar-refractivity contribution in [2.75, 3.05) is 32.8 Å². The number of benzene rings is 1. The Labute approximate surface area is 156 Å². The number of hydrogen-bond donors (Lipinski definition) is 2. The van der Waals surface area contributed by atoms with Gasteiger partial charge in [-0.15, -0.1) is 0 Å². The minimum Gasteiger partial charge on any atom is -0.506 e. The van der Waals surface area contributed by atoms with Crippen molar-refractivity contribution in [2.24, 2.45) is 5.92 Å². The molecule has 25 heavy (non-hydrogen) atoms. The number of aliphatic hydroxyl groups is 1. The van der Waals surface area contributed by atoms with Crippen LogP contribution in [0.5, 0.6) is 5.75 Å². The smallest absolute Gasteiger partial charge is 0.134 e. The molecular weight excluding hydrogens is 336 g/mol. The van der Waals surface area contributed by atoms with Gasteiger partial charge in [0.1, 0.15) is 5.75 Å². The lowest BCUT2D eigenvalue weighted by Gasteiger charge is -2.43. The van der Waals surface area contributed by atoms with E-state index >= 15 is 0 Å². The molecule has 0 bridgehead atoms. The van der Waals surface area contributed by atoms with Gasteiger partial charge in [0, 0.05) is 45.4 Å². The summed E-state index contributed by atoms with van der Waals surface area (Å²) in [6.07, 6.45) is 7.77. The molecular formula is C20H31ClN2O2. The van der Waals surface area contributed by atoms with Gasteiger partial charge in [-0.1, -0.05) is 36.9 Å². The first-order valence-electron chi connectivity index (χ1n) is 9.70. The third-order valence-corrected chi connectivity index (χ3v) is 6.09. The zero-order valence-electron chi connectivity index (χ0n) is 15.0. The van der Waals surface area contributed by atoms with E-state index in [1.807, 2.05) is 12.1 Å². The van der Waals surface area contributed by atoms with Crippen molar-refractivity contribution >= 4 is 11.6 Å². The molecule has 3 rings (SSSR count). The molecule has 4 nitrogen and oxygen atoms in total. The van der Waals surface area contributed by atoms with Crippen molar-refractivity contribution in [1.82, 2.24) is 9.80 Å². The van der Waals surface area contributed by atoms with Crippen molar-refractivity contribution in [2.45, 2.75) is 51.1 Å². The van der Waals surface area contributed by atoms with Crippen molar-refractivity contribution in [3.8, 4) is 5.75 Å². The molecule has 0 aromatic heterocycles. The summed E-state index contributed by atoms with van der Waals surface area (Å²) in [7, 11) is 0. The predicted molar refractivity (Wildman–Crippen MR) is 102 cm³/mol. The van der Waals surface area contributed by atoms with Gasteiger partial charge >= 0.3 is 0 Å². The zero-order chi connectivity index (χ0) is 17.6. The second-order valence-corrected chi connectivity index (χ2v) is 8.09. The summed E-state index contributed by atoms with van der Waals surface area (Å²) < 4.78 is 0. The summed E-state index contributed by atoms with van der Waals surface area (Å²) in [5.41, 5.74) is 1.13. The molecule has 0 unspecified atom stereocenters. The van der Waals surface area contributed by atoms with Crippen molar-refractivity contribution in [3.05, 3.63) is 28.8 Å². The lowest BCUT2D eigenvalue weighted by atomic mass is 9.88. The van der Waals surface area contributed by atoms with E-state index in [-0.39, 0.29) is 12.4 Å². The van der Waals surface area contributed by atoms with Crippen LogP contribution in [-0.4, -0.2) is 58.8 Å². The molecule has 1 aromatic carbocycles. The van der Waals surface area contributed by atoms with Crippen LogP contribution in [0.1, 0.15) is 44.1 Å². The number of aromatic hydroxyl groups is 1. The minimum absolute atomic E-state index is 0.140. The van der Waals surface area contributed by atoms with Gasteiger partial charge in [-0.2, -0.15) is 0 Å². The van der Waals surface area contributed by atoms with Crippen LogP contribution < -0.4 is 0 Å². The molecule has 0 amide bonds. The molecule has 0 spiro atoms.